The predicted octanol–water partition coefficient (Wildman–Crippen LogP) is 2.85. The molecule has 1 unspecified atom stereocenters. The SMILES string of the molecule is O=S(=O)(CC1CCCN1)Nc1c(Cl)cccc1C(F)(F)F. The number of halogens is 4. The van der Waals surface area contributed by atoms with Gasteiger partial charge in [0.1, 0.15) is 0 Å². The number of benzene rings is 1. The van der Waals surface area contributed by atoms with Crippen LogP contribution in [0.3, 0.4) is 0 Å². The number of para-hydroxylation sites is 1. The highest BCUT2D eigenvalue weighted by atomic mass is 35.5. The third-order valence-electron chi connectivity index (χ3n) is 3.16. The van der Waals surface area contributed by atoms with Crippen molar-refractivity contribution < 1.29 is 21.6 Å². The van der Waals surface area contributed by atoms with E-state index in [4.69, 9.17) is 11.6 Å². The molecule has 1 aromatic rings. The molecule has 1 heterocycles. The van der Waals surface area contributed by atoms with Crippen LogP contribution >= 0.6 is 11.6 Å². The van der Waals surface area contributed by atoms with Crippen molar-refractivity contribution in [2.24, 2.45) is 0 Å². The van der Waals surface area contributed by atoms with Crippen LogP contribution < -0.4 is 10.0 Å². The quantitative estimate of drug-likeness (QED) is 0.884. The van der Waals surface area contributed by atoms with Crippen LogP contribution in [0, 0.1) is 0 Å². The van der Waals surface area contributed by atoms with Crippen LogP contribution in [0.1, 0.15) is 18.4 Å². The van der Waals surface area contributed by atoms with Crippen molar-refractivity contribution in [1.82, 2.24) is 5.32 Å². The molecule has 4 nitrogen and oxygen atoms in total. The van der Waals surface area contributed by atoms with Gasteiger partial charge >= 0.3 is 6.18 Å². The van der Waals surface area contributed by atoms with Gasteiger partial charge in [-0.3, -0.25) is 4.72 Å². The van der Waals surface area contributed by atoms with Gasteiger partial charge in [0.25, 0.3) is 0 Å². The van der Waals surface area contributed by atoms with Crippen LogP contribution in [0.25, 0.3) is 0 Å². The fraction of sp³-hybridized carbons (Fsp3) is 0.500. The summed E-state index contributed by atoms with van der Waals surface area (Å²) >= 11 is 5.72. The maximum absolute atomic E-state index is 12.9. The Morgan fingerprint density at radius 3 is 2.67 bits per heavy atom. The Bertz CT molecular complexity index is 613. The van der Waals surface area contributed by atoms with Crippen molar-refractivity contribution in [2.75, 3.05) is 17.0 Å². The molecule has 0 radical (unpaired) electrons. The molecule has 0 amide bonds. The minimum Gasteiger partial charge on any atom is -0.313 e. The summed E-state index contributed by atoms with van der Waals surface area (Å²) in [6.45, 7) is 0.708. The molecule has 1 aliphatic rings. The van der Waals surface area contributed by atoms with E-state index in [1.54, 1.807) is 0 Å². The Labute approximate surface area is 125 Å². The van der Waals surface area contributed by atoms with Crippen LogP contribution in [0.2, 0.25) is 5.02 Å². The van der Waals surface area contributed by atoms with Crippen molar-refractivity contribution in [2.45, 2.75) is 25.1 Å². The lowest BCUT2D eigenvalue weighted by Gasteiger charge is -2.17. The predicted molar refractivity (Wildman–Crippen MR) is 74.9 cm³/mol. The summed E-state index contributed by atoms with van der Waals surface area (Å²) in [5.74, 6) is -0.282. The number of anilines is 1. The Morgan fingerprint density at radius 1 is 1.38 bits per heavy atom. The number of hydrogen-bond acceptors (Lipinski definition) is 3. The Kier molecular flexibility index (Phi) is 4.69. The normalized spacial score (nSPS) is 19.7. The van der Waals surface area contributed by atoms with Crippen molar-refractivity contribution in [3.8, 4) is 0 Å². The molecule has 1 atom stereocenters. The van der Waals surface area contributed by atoms with Crippen molar-refractivity contribution in [3.05, 3.63) is 28.8 Å². The number of nitrogens with one attached hydrogen (secondary N) is 2. The smallest absolute Gasteiger partial charge is 0.313 e. The van der Waals surface area contributed by atoms with Crippen molar-refractivity contribution in [1.29, 1.82) is 0 Å². The summed E-state index contributed by atoms with van der Waals surface area (Å²) in [4.78, 5) is 0. The highest BCUT2D eigenvalue weighted by Gasteiger charge is 2.35. The number of hydrogen-bond donors (Lipinski definition) is 2. The maximum Gasteiger partial charge on any atom is 0.418 e. The molecule has 21 heavy (non-hydrogen) atoms. The average molecular weight is 343 g/mol. The topological polar surface area (TPSA) is 58.2 Å². The zero-order valence-corrected chi connectivity index (χ0v) is 12.4. The summed E-state index contributed by atoms with van der Waals surface area (Å²) in [7, 11) is -3.92. The standard InChI is InChI=1S/C12H14ClF3N2O2S/c13-10-5-1-4-9(12(14,15)16)11(10)18-21(19,20)7-8-3-2-6-17-8/h1,4-5,8,17-18H,2-3,6-7H2. The molecule has 0 spiro atoms. The molecule has 0 saturated carbocycles. The summed E-state index contributed by atoms with van der Waals surface area (Å²) in [5, 5.41) is 2.70. The zero-order chi connectivity index (χ0) is 15.7. The summed E-state index contributed by atoms with van der Waals surface area (Å²) in [5.41, 5.74) is -1.72. The fourth-order valence-corrected chi connectivity index (χ4v) is 3.93. The van der Waals surface area contributed by atoms with Gasteiger partial charge in [0.15, 0.2) is 0 Å². The molecule has 1 aliphatic heterocycles. The molecule has 2 rings (SSSR count). The molecule has 0 aliphatic carbocycles. The first kappa shape index (κ1) is 16.4. The molecule has 0 aromatic heterocycles. The largest absolute Gasteiger partial charge is 0.418 e. The van der Waals surface area contributed by atoms with Gasteiger partial charge in [-0.05, 0) is 31.5 Å². The lowest BCUT2D eigenvalue weighted by Crippen LogP contribution is -2.33. The van der Waals surface area contributed by atoms with E-state index >= 15 is 0 Å². The van der Waals surface area contributed by atoms with Gasteiger partial charge < -0.3 is 5.32 Å². The van der Waals surface area contributed by atoms with E-state index in [-0.39, 0.29) is 16.8 Å². The lowest BCUT2D eigenvalue weighted by atomic mass is 10.2. The molecular weight excluding hydrogens is 329 g/mol. The van der Waals surface area contributed by atoms with E-state index in [0.717, 1.165) is 18.6 Å². The van der Waals surface area contributed by atoms with Crippen LogP contribution in [0.15, 0.2) is 18.2 Å². The Morgan fingerprint density at radius 2 is 2.10 bits per heavy atom. The van der Waals surface area contributed by atoms with E-state index in [1.807, 2.05) is 4.72 Å². The molecule has 1 fully saturated rings. The van der Waals surface area contributed by atoms with E-state index < -0.39 is 27.5 Å². The van der Waals surface area contributed by atoms with Crippen LogP contribution in [-0.4, -0.2) is 26.8 Å². The minimum atomic E-state index is -4.69. The summed E-state index contributed by atoms with van der Waals surface area (Å²) < 4.78 is 64.7. The van der Waals surface area contributed by atoms with E-state index in [1.165, 1.54) is 6.07 Å². The van der Waals surface area contributed by atoms with Gasteiger partial charge in [-0.15, -0.1) is 0 Å². The third kappa shape index (κ3) is 4.24. The second-order valence-corrected chi connectivity index (χ2v) is 7.01. The zero-order valence-electron chi connectivity index (χ0n) is 10.9. The molecule has 118 valence electrons. The molecule has 0 bridgehead atoms. The minimum absolute atomic E-state index is 0.251. The fourth-order valence-electron chi connectivity index (χ4n) is 2.23. The molecule has 9 heteroatoms. The second-order valence-electron chi connectivity index (χ2n) is 4.84. The summed E-state index contributed by atoms with van der Waals surface area (Å²) in [6.07, 6.45) is -3.16. The van der Waals surface area contributed by atoms with Gasteiger partial charge in [0, 0.05) is 6.04 Å². The van der Waals surface area contributed by atoms with E-state index in [0.29, 0.717) is 13.0 Å². The maximum atomic E-state index is 12.9. The molecule has 2 N–H and O–H groups in total. The number of alkyl halides is 3. The monoisotopic (exact) mass is 342 g/mol. The van der Waals surface area contributed by atoms with E-state index in [2.05, 4.69) is 5.32 Å². The van der Waals surface area contributed by atoms with Crippen molar-refractivity contribution in [3.63, 3.8) is 0 Å². The number of rotatable bonds is 4. The van der Waals surface area contributed by atoms with Gasteiger partial charge in [-0.2, -0.15) is 13.2 Å². The summed E-state index contributed by atoms with van der Waals surface area (Å²) in [6, 6.07) is 2.88. The lowest BCUT2D eigenvalue weighted by molar-refractivity contribution is -0.136. The van der Waals surface area contributed by atoms with Crippen LogP contribution in [-0.2, 0) is 16.2 Å². The first-order chi connectivity index (χ1) is 9.69. The van der Waals surface area contributed by atoms with Crippen molar-refractivity contribution >= 4 is 27.3 Å². The highest BCUT2D eigenvalue weighted by Crippen LogP contribution is 2.38. The second kappa shape index (κ2) is 6.02. The van der Waals surface area contributed by atoms with Gasteiger partial charge in [0.05, 0.1) is 22.0 Å². The number of sulfonamides is 1. The van der Waals surface area contributed by atoms with Crippen LogP contribution in [0.5, 0.6) is 0 Å². The molecule has 1 saturated heterocycles. The highest BCUT2D eigenvalue weighted by molar-refractivity contribution is 7.92. The molecular formula is C12H14ClF3N2O2S. The first-order valence-electron chi connectivity index (χ1n) is 6.28. The van der Waals surface area contributed by atoms with E-state index in [9.17, 15) is 21.6 Å². The Hall–Kier alpha value is -0.990. The third-order valence-corrected chi connectivity index (χ3v) is 4.83. The molecule has 1 aromatic carbocycles. The Balaban J connectivity index is 2.26. The van der Waals surface area contributed by atoms with Gasteiger partial charge in [0.2, 0.25) is 10.0 Å². The first-order valence-corrected chi connectivity index (χ1v) is 8.32. The van der Waals surface area contributed by atoms with Gasteiger partial charge in [-0.1, -0.05) is 17.7 Å². The van der Waals surface area contributed by atoms with Crippen LogP contribution in [0.4, 0.5) is 18.9 Å². The van der Waals surface area contributed by atoms with Gasteiger partial charge in [-0.25, -0.2) is 8.42 Å². The average Bonchev–Trinajstić information content (AvgIpc) is 2.82.